The Morgan fingerprint density at radius 2 is 1.69 bits per heavy atom. The van der Waals surface area contributed by atoms with Gasteiger partial charge in [-0.3, -0.25) is 9.40 Å². The molecule has 0 atom stereocenters. The minimum absolute atomic E-state index is 0.251. The second kappa shape index (κ2) is 6.84. The van der Waals surface area contributed by atoms with Gasteiger partial charge in [0.25, 0.3) is 10.0 Å². The summed E-state index contributed by atoms with van der Waals surface area (Å²) in [4.78, 5) is 0.251. The number of anilines is 1. The van der Waals surface area contributed by atoms with Crippen molar-refractivity contribution in [1.29, 1.82) is 0 Å². The second-order valence-electron chi connectivity index (χ2n) is 6.09. The van der Waals surface area contributed by atoms with E-state index >= 15 is 0 Å². The van der Waals surface area contributed by atoms with Gasteiger partial charge in [-0.15, -0.1) is 0 Å². The molecule has 0 unspecified atom stereocenters. The number of rotatable bonds is 5. The number of aromatic nitrogens is 2. The summed E-state index contributed by atoms with van der Waals surface area (Å²) < 4.78 is 35.7. The molecule has 0 saturated heterocycles. The van der Waals surface area contributed by atoms with Gasteiger partial charge in [0.15, 0.2) is 0 Å². The van der Waals surface area contributed by atoms with Crippen LogP contribution in [0.3, 0.4) is 0 Å². The van der Waals surface area contributed by atoms with E-state index in [4.69, 9.17) is 4.74 Å². The van der Waals surface area contributed by atoms with Crippen molar-refractivity contribution in [3.8, 4) is 17.0 Å². The number of hydrogen-bond donors (Lipinski definition) is 1. The van der Waals surface area contributed by atoms with Gasteiger partial charge < -0.3 is 4.74 Å². The molecular weight excluding hydrogens is 350 g/mol. The molecule has 0 aliphatic heterocycles. The number of hydrogen-bond acceptors (Lipinski definition) is 4. The van der Waals surface area contributed by atoms with Crippen LogP contribution >= 0.6 is 0 Å². The van der Waals surface area contributed by atoms with Crippen LogP contribution in [0.5, 0.6) is 5.75 Å². The van der Waals surface area contributed by atoms with Crippen molar-refractivity contribution in [2.45, 2.75) is 18.7 Å². The lowest BCUT2D eigenvalue weighted by atomic mass is 10.1. The number of aryl methyl sites for hydroxylation is 3. The third-order valence-corrected chi connectivity index (χ3v) is 5.84. The molecule has 1 heterocycles. The van der Waals surface area contributed by atoms with E-state index in [1.165, 1.54) is 6.20 Å². The van der Waals surface area contributed by atoms with Crippen molar-refractivity contribution >= 4 is 15.7 Å². The average molecular weight is 371 g/mol. The number of nitrogens with zero attached hydrogens (tertiary/aromatic N) is 2. The van der Waals surface area contributed by atoms with Crippen LogP contribution in [0.15, 0.2) is 53.6 Å². The van der Waals surface area contributed by atoms with Gasteiger partial charge in [-0.25, -0.2) is 8.42 Å². The van der Waals surface area contributed by atoms with E-state index in [-0.39, 0.29) is 4.90 Å². The lowest BCUT2D eigenvalue weighted by Crippen LogP contribution is -2.16. The third kappa shape index (κ3) is 3.30. The van der Waals surface area contributed by atoms with Crippen LogP contribution in [0.1, 0.15) is 11.1 Å². The summed E-state index contributed by atoms with van der Waals surface area (Å²) in [6.07, 6.45) is 1.52. The van der Waals surface area contributed by atoms with Crippen LogP contribution in [0.2, 0.25) is 0 Å². The maximum atomic E-state index is 13.0. The van der Waals surface area contributed by atoms with Crippen LogP contribution in [-0.2, 0) is 17.1 Å². The second-order valence-corrected chi connectivity index (χ2v) is 7.71. The molecule has 7 heteroatoms. The van der Waals surface area contributed by atoms with Crippen molar-refractivity contribution in [3.63, 3.8) is 0 Å². The highest BCUT2D eigenvalue weighted by atomic mass is 32.2. The van der Waals surface area contributed by atoms with Crippen LogP contribution < -0.4 is 9.46 Å². The maximum Gasteiger partial charge on any atom is 0.262 e. The lowest BCUT2D eigenvalue weighted by Gasteiger charge is -2.15. The predicted molar refractivity (Wildman–Crippen MR) is 102 cm³/mol. The summed E-state index contributed by atoms with van der Waals surface area (Å²) >= 11 is 0. The van der Waals surface area contributed by atoms with Crippen molar-refractivity contribution in [2.24, 2.45) is 7.05 Å². The number of sulfonamides is 1. The van der Waals surface area contributed by atoms with E-state index in [1.807, 2.05) is 30.3 Å². The van der Waals surface area contributed by atoms with Crippen LogP contribution in [-0.4, -0.2) is 25.3 Å². The Balaban J connectivity index is 2.05. The summed E-state index contributed by atoms with van der Waals surface area (Å²) in [5, 5.41) is 4.21. The molecule has 26 heavy (non-hydrogen) atoms. The van der Waals surface area contributed by atoms with E-state index in [2.05, 4.69) is 9.82 Å². The normalized spacial score (nSPS) is 11.4. The highest BCUT2D eigenvalue weighted by molar-refractivity contribution is 7.92. The number of ether oxygens (including phenoxy) is 1. The number of benzene rings is 2. The highest BCUT2D eigenvalue weighted by Gasteiger charge is 2.23. The highest BCUT2D eigenvalue weighted by Crippen LogP contribution is 2.31. The van der Waals surface area contributed by atoms with E-state index < -0.39 is 10.0 Å². The van der Waals surface area contributed by atoms with Gasteiger partial charge in [-0.05, 0) is 37.1 Å². The van der Waals surface area contributed by atoms with E-state index in [0.29, 0.717) is 28.3 Å². The van der Waals surface area contributed by atoms with E-state index in [0.717, 1.165) is 5.56 Å². The SMILES string of the molecule is COc1cc(C)c(S(=O)(=O)Nc2cnn(C)c2-c2ccccc2)c(C)c1. The van der Waals surface area contributed by atoms with Gasteiger partial charge in [-0.2, -0.15) is 5.10 Å². The molecule has 3 aromatic rings. The van der Waals surface area contributed by atoms with Gasteiger partial charge in [0, 0.05) is 12.6 Å². The molecule has 0 saturated carbocycles. The molecule has 0 aliphatic rings. The molecular formula is C19H21N3O3S. The van der Waals surface area contributed by atoms with Gasteiger partial charge in [-0.1, -0.05) is 30.3 Å². The first kappa shape index (κ1) is 18.0. The summed E-state index contributed by atoms with van der Waals surface area (Å²) in [5.74, 6) is 0.630. The van der Waals surface area contributed by atoms with Crippen LogP contribution in [0.25, 0.3) is 11.3 Å². The molecule has 1 aromatic heterocycles. The fourth-order valence-corrected chi connectivity index (χ4v) is 4.61. The molecule has 0 amide bonds. The molecule has 0 fully saturated rings. The minimum atomic E-state index is -3.78. The third-order valence-electron chi connectivity index (χ3n) is 4.17. The molecule has 136 valence electrons. The quantitative estimate of drug-likeness (QED) is 0.745. The minimum Gasteiger partial charge on any atom is -0.497 e. The van der Waals surface area contributed by atoms with E-state index in [1.54, 1.807) is 44.8 Å². The molecule has 0 aliphatic carbocycles. The number of nitrogens with one attached hydrogen (secondary N) is 1. The summed E-state index contributed by atoms with van der Waals surface area (Å²) in [5.41, 5.74) is 3.28. The monoisotopic (exact) mass is 371 g/mol. The fourth-order valence-electron chi connectivity index (χ4n) is 3.10. The van der Waals surface area contributed by atoms with Gasteiger partial charge in [0.2, 0.25) is 0 Å². The first-order valence-electron chi connectivity index (χ1n) is 8.09. The zero-order valence-corrected chi connectivity index (χ0v) is 16.0. The van der Waals surface area contributed by atoms with Crippen molar-refractivity contribution < 1.29 is 13.2 Å². The molecule has 0 spiro atoms. The van der Waals surface area contributed by atoms with Crippen LogP contribution in [0.4, 0.5) is 5.69 Å². The maximum absolute atomic E-state index is 13.0. The Morgan fingerprint density at radius 1 is 1.08 bits per heavy atom. The summed E-state index contributed by atoms with van der Waals surface area (Å²) in [6.45, 7) is 3.51. The number of methoxy groups -OCH3 is 1. The Hall–Kier alpha value is -2.80. The lowest BCUT2D eigenvalue weighted by molar-refractivity contribution is 0.413. The molecule has 3 rings (SSSR count). The van der Waals surface area contributed by atoms with Gasteiger partial charge >= 0.3 is 0 Å². The van der Waals surface area contributed by atoms with Crippen LogP contribution in [0, 0.1) is 13.8 Å². The zero-order valence-electron chi connectivity index (χ0n) is 15.1. The topological polar surface area (TPSA) is 73.2 Å². The molecule has 2 aromatic carbocycles. The first-order chi connectivity index (χ1) is 12.3. The standard InChI is InChI=1S/C19H21N3O3S/c1-13-10-16(25-4)11-14(2)19(13)26(23,24)21-17-12-20-22(3)18(17)15-8-6-5-7-9-15/h5-12,21H,1-4H3. The van der Waals surface area contributed by atoms with Crippen molar-refractivity contribution in [1.82, 2.24) is 9.78 Å². The largest absolute Gasteiger partial charge is 0.497 e. The molecule has 0 radical (unpaired) electrons. The Labute approximate surface area is 153 Å². The molecule has 1 N–H and O–H groups in total. The molecule has 0 bridgehead atoms. The van der Waals surface area contributed by atoms with E-state index in [9.17, 15) is 8.42 Å². The van der Waals surface area contributed by atoms with Gasteiger partial charge in [0.05, 0.1) is 29.6 Å². The average Bonchev–Trinajstić information content (AvgIpc) is 2.94. The summed E-state index contributed by atoms with van der Waals surface area (Å²) in [6, 6.07) is 13.0. The van der Waals surface area contributed by atoms with Crippen molar-refractivity contribution in [2.75, 3.05) is 11.8 Å². The molecule has 6 nitrogen and oxygen atoms in total. The Morgan fingerprint density at radius 3 is 2.27 bits per heavy atom. The predicted octanol–water partition coefficient (Wildman–Crippen LogP) is 3.51. The smallest absolute Gasteiger partial charge is 0.262 e. The summed E-state index contributed by atoms with van der Waals surface area (Å²) in [7, 11) is -0.436. The van der Waals surface area contributed by atoms with Crippen molar-refractivity contribution in [3.05, 3.63) is 59.8 Å². The zero-order chi connectivity index (χ0) is 18.9. The van der Waals surface area contributed by atoms with Gasteiger partial charge in [0.1, 0.15) is 5.75 Å². The Bertz CT molecular complexity index is 1020. The fraction of sp³-hybridized carbons (Fsp3) is 0.211. The Kier molecular flexibility index (Phi) is 4.73. The first-order valence-corrected chi connectivity index (χ1v) is 9.57.